The highest BCUT2D eigenvalue weighted by Gasteiger charge is 2.34. The third kappa shape index (κ3) is 2.81. The summed E-state index contributed by atoms with van der Waals surface area (Å²) in [6.07, 6.45) is 3.74. The van der Waals surface area contributed by atoms with E-state index in [4.69, 9.17) is 5.73 Å². The second-order valence-corrected chi connectivity index (χ2v) is 6.20. The van der Waals surface area contributed by atoms with Crippen LogP contribution in [0.4, 0.5) is 5.69 Å². The van der Waals surface area contributed by atoms with E-state index in [1.807, 2.05) is 11.0 Å². The van der Waals surface area contributed by atoms with E-state index in [1.165, 1.54) is 5.56 Å². The van der Waals surface area contributed by atoms with Gasteiger partial charge in [-0.15, -0.1) is 12.4 Å². The Kier molecular flexibility index (Phi) is 4.54. The molecule has 0 radical (unpaired) electrons. The first-order valence-corrected chi connectivity index (χ1v) is 7.30. The maximum absolute atomic E-state index is 12.5. The molecule has 0 bridgehead atoms. The molecule has 1 saturated carbocycles. The normalized spacial score (nSPS) is 25.1. The number of nitrogens with two attached hydrogens (primary N) is 1. The number of benzene rings is 1. The van der Waals surface area contributed by atoms with Crippen LogP contribution in [-0.2, 0) is 11.2 Å². The summed E-state index contributed by atoms with van der Waals surface area (Å²) in [5, 5.41) is 0. The standard InChI is InChI=1S/C14H17BrN2O.ClH/c15-11-3-1-9-5-6-17(13(9)8-11)14(18)10-2-4-12(16)7-10;/h1,3,8,10,12H,2,4-7,16H2;1H. The lowest BCUT2D eigenvalue weighted by Crippen LogP contribution is -2.34. The van der Waals surface area contributed by atoms with Gasteiger partial charge in [-0.1, -0.05) is 22.0 Å². The number of anilines is 1. The van der Waals surface area contributed by atoms with Crippen molar-refractivity contribution in [1.29, 1.82) is 0 Å². The van der Waals surface area contributed by atoms with Gasteiger partial charge in [0.05, 0.1) is 0 Å². The van der Waals surface area contributed by atoms with E-state index in [2.05, 4.69) is 28.1 Å². The Morgan fingerprint density at radius 2 is 2.16 bits per heavy atom. The molecular formula is C14H18BrClN2O. The van der Waals surface area contributed by atoms with Gasteiger partial charge in [0.15, 0.2) is 0 Å². The van der Waals surface area contributed by atoms with E-state index < -0.39 is 0 Å². The Labute approximate surface area is 128 Å². The SMILES string of the molecule is Cl.NC1CCC(C(=O)N2CCc3ccc(Br)cc32)C1. The average Bonchev–Trinajstić information content (AvgIpc) is 2.94. The molecule has 5 heteroatoms. The minimum absolute atomic E-state index is 0. The van der Waals surface area contributed by atoms with Crippen molar-refractivity contribution in [2.45, 2.75) is 31.7 Å². The molecule has 0 spiro atoms. The van der Waals surface area contributed by atoms with Crippen molar-refractivity contribution < 1.29 is 4.79 Å². The molecule has 0 saturated heterocycles. The van der Waals surface area contributed by atoms with Crippen molar-refractivity contribution in [2.75, 3.05) is 11.4 Å². The number of rotatable bonds is 1. The summed E-state index contributed by atoms with van der Waals surface area (Å²) in [6, 6.07) is 6.41. The van der Waals surface area contributed by atoms with Crippen molar-refractivity contribution in [3.63, 3.8) is 0 Å². The Bertz CT molecular complexity index is 494. The van der Waals surface area contributed by atoms with Crippen LogP contribution in [0.5, 0.6) is 0 Å². The smallest absolute Gasteiger partial charge is 0.230 e. The van der Waals surface area contributed by atoms with Crippen LogP contribution in [0, 0.1) is 5.92 Å². The van der Waals surface area contributed by atoms with Gasteiger partial charge in [0.1, 0.15) is 0 Å². The first-order chi connectivity index (χ1) is 8.65. The zero-order valence-corrected chi connectivity index (χ0v) is 13.0. The summed E-state index contributed by atoms with van der Waals surface area (Å²) >= 11 is 3.48. The molecule has 104 valence electrons. The summed E-state index contributed by atoms with van der Waals surface area (Å²) in [5.74, 6) is 0.393. The fourth-order valence-corrected chi connectivity index (χ4v) is 3.39. The maximum Gasteiger partial charge on any atom is 0.230 e. The number of hydrogen-bond acceptors (Lipinski definition) is 2. The van der Waals surface area contributed by atoms with Crippen molar-refractivity contribution in [3.05, 3.63) is 28.2 Å². The Hall–Kier alpha value is -0.580. The van der Waals surface area contributed by atoms with E-state index in [-0.39, 0.29) is 30.3 Å². The lowest BCUT2D eigenvalue weighted by atomic mass is 10.1. The summed E-state index contributed by atoms with van der Waals surface area (Å²) < 4.78 is 1.03. The molecule has 2 N–H and O–H groups in total. The summed E-state index contributed by atoms with van der Waals surface area (Å²) in [5.41, 5.74) is 8.25. The Balaban J connectivity index is 0.00000133. The molecule has 1 fully saturated rings. The minimum atomic E-state index is 0. The van der Waals surface area contributed by atoms with Crippen molar-refractivity contribution in [1.82, 2.24) is 0 Å². The van der Waals surface area contributed by atoms with Gasteiger partial charge in [0.25, 0.3) is 0 Å². The number of halogens is 2. The largest absolute Gasteiger partial charge is 0.328 e. The number of hydrogen-bond donors (Lipinski definition) is 1. The van der Waals surface area contributed by atoms with Gasteiger partial charge in [-0.05, 0) is 43.4 Å². The lowest BCUT2D eigenvalue weighted by molar-refractivity contribution is -0.122. The van der Waals surface area contributed by atoms with Crippen LogP contribution in [-0.4, -0.2) is 18.5 Å². The molecule has 3 nitrogen and oxygen atoms in total. The highest BCUT2D eigenvalue weighted by Crippen LogP contribution is 2.34. The molecule has 1 aliphatic heterocycles. The van der Waals surface area contributed by atoms with Gasteiger partial charge in [0.2, 0.25) is 5.91 Å². The average molecular weight is 346 g/mol. The third-order valence-electron chi connectivity index (χ3n) is 4.03. The molecule has 2 aliphatic rings. The van der Waals surface area contributed by atoms with Crippen LogP contribution in [0.2, 0.25) is 0 Å². The minimum Gasteiger partial charge on any atom is -0.328 e. The van der Waals surface area contributed by atoms with E-state index in [9.17, 15) is 4.79 Å². The van der Waals surface area contributed by atoms with Crippen LogP contribution < -0.4 is 10.6 Å². The summed E-state index contributed by atoms with van der Waals surface area (Å²) in [7, 11) is 0. The number of nitrogens with zero attached hydrogens (tertiary/aromatic N) is 1. The third-order valence-corrected chi connectivity index (χ3v) is 4.52. The van der Waals surface area contributed by atoms with Gasteiger partial charge in [-0.2, -0.15) is 0 Å². The molecule has 1 heterocycles. The van der Waals surface area contributed by atoms with Crippen molar-refractivity contribution in [2.24, 2.45) is 11.7 Å². The Morgan fingerprint density at radius 1 is 1.37 bits per heavy atom. The molecule has 1 aliphatic carbocycles. The molecule has 3 rings (SSSR count). The molecule has 1 amide bonds. The first-order valence-electron chi connectivity index (χ1n) is 6.50. The van der Waals surface area contributed by atoms with Crippen LogP contribution >= 0.6 is 28.3 Å². The zero-order valence-electron chi connectivity index (χ0n) is 10.6. The second-order valence-electron chi connectivity index (χ2n) is 5.28. The molecule has 0 aromatic heterocycles. The first kappa shape index (κ1) is 14.8. The second kappa shape index (κ2) is 5.81. The summed E-state index contributed by atoms with van der Waals surface area (Å²) in [4.78, 5) is 14.5. The van der Waals surface area contributed by atoms with Gasteiger partial charge in [0, 0.05) is 28.7 Å². The number of amides is 1. The molecule has 1 aromatic rings. The predicted molar refractivity (Wildman–Crippen MR) is 82.8 cm³/mol. The van der Waals surface area contributed by atoms with Gasteiger partial charge in [-0.3, -0.25) is 4.79 Å². The molecule has 1 aromatic carbocycles. The fourth-order valence-electron chi connectivity index (χ4n) is 3.04. The van der Waals surface area contributed by atoms with Crippen LogP contribution in [0.1, 0.15) is 24.8 Å². The van der Waals surface area contributed by atoms with E-state index in [1.54, 1.807) is 0 Å². The quantitative estimate of drug-likeness (QED) is 0.850. The van der Waals surface area contributed by atoms with Crippen molar-refractivity contribution >= 4 is 39.9 Å². The maximum atomic E-state index is 12.5. The van der Waals surface area contributed by atoms with Crippen LogP contribution in [0.3, 0.4) is 0 Å². The lowest BCUT2D eigenvalue weighted by Gasteiger charge is -2.21. The molecule has 2 atom stereocenters. The topological polar surface area (TPSA) is 46.3 Å². The van der Waals surface area contributed by atoms with Crippen LogP contribution in [0.15, 0.2) is 22.7 Å². The molecule has 2 unspecified atom stereocenters. The predicted octanol–water partition coefficient (Wildman–Crippen LogP) is 2.89. The van der Waals surface area contributed by atoms with Crippen molar-refractivity contribution in [3.8, 4) is 0 Å². The molecular weight excluding hydrogens is 328 g/mol. The monoisotopic (exact) mass is 344 g/mol. The number of carbonyl (C=O) groups excluding carboxylic acids is 1. The van der Waals surface area contributed by atoms with E-state index in [0.29, 0.717) is 0 Å². The zero-order chi connectivity index (χ0) is 12.7. The fraction of sp³-hybridized carbons (Fsp3) is 0.500. The highest BCUT2D eigenvalue weighted by atomic mass is 79.9. The van der Waals surface area contributed by atoms with Crippen LogP contribution in [0.25, 0.3) is 0 Å². The highest BCUT2D eigenvalue weighted by molar-refractivity contribution is 9.10. The number of fused-ring (bicyclic) bond motifs is 1. The van der Waals surface area contributed by atoms with Gasteiger partial charge < -0.3 is 10.6 Å². The van der Waals surface area contributed by atoms with E-state index in [0.717, 1.165) is 42.4 Å². The van der Waals surface area contributed by atoms with Gasteiger partial charge >= 0.3 is 0 Å². The Morgan fingerprint density at radius 3 is 2.84 bits per heavy atom. The molecule has 19 heavy (non-hydrogen) atoms. The van der Waals surface area contributed by atoms with Gasteiger partial charge in [-0.25, -0.2) is 0 Å². The summed E-state index contributed by atoms with van der Waals surface area (Å²) in [6.45, 7) is 0.816. The van der Waals surface area contributed by atoms with E-state index >= 15 is 0 Å². The number of carbonyl (C=O) groups is 1.